The number of nitrogens with zero attached hydrogens (tertiary/aromatic N) is 4. The topological polar surface area (TPSA) is 67.3 Å². The summed E-state index contributed by atoms with van der Waals surface area (Å²) in [4.78, 5) is 6.50. The number of aliphatic hydroxyl groups excluding tert-OH is 1. The molecule has 6 heteroatoms. The fourth-order valence-electron chi connectivity index (χ4n) is 4.41. The van der Waals surface area contributed by atoms with E-state index in [1.807, 2.05) is 4.68 Å². The van der Waals surface area contributed by atoms with Crippen molar-refractivity contribution in [1.82, 2.24) is 19.7 Å². The number of aromatic nitrogens is 3. The van der Waals surface area contributed by atoms with Gasteiger partial charge in [-0.1, -0.05) is 6.92 Å². The first-order chi connectivity index (χ1) is 11.7. The van der Waals surface area contributed by atoms with Crippen LogP contribution in [0.25, 0.3) is 0 Å². The first-order valence-electron chi connectivity index (χ1n) is 9.05. The number of furan rings is 1. The largest absolute Gasteiger partial charge is 0.465 e. The van der Waals surface area contributed by atoms with Gasteiger partial charge in [0.15, 0.2) is 0 Å². The SMILES string of the molecule is CCCc1ccc(CN2C[C@H]3C[C@@H](n4cncn4)[C@H](O)C[C@H]3C2)o1. The minimum Gasteiger partial charge on any atom is -0.465 e. The lowest BCUT2D eigenvalue weighted by molar-refractivity contribution is 0.0304. The van der Waals surface area contributed by atoms with E-state index in [9.17, 15) is 5.11 Å². The van der Waals surface area contributed by atoms with E-state index >= 15 is 0 Å². The molecule has 4 rings (SSSR count). The van der Waals surface area contributed by atoms with Crippen LogP contribution in [0.4, 0.5) is 0 Å². The molecule has 24 heavy (non-hydrogen) atoms. The third-order valence-electron chi connectivity index (χ3n) is 5.55. The maximum atomic E-state index is 10.5. The van der Waals surface area contributed by atoms with Crippen molar-refractivity contribution in [2.45, 2.75) is 51.3 Å². The van der Waals surface area contributed by atoms with Gasteiger partial charge in [-0.05, 0) is 43.2 Å². The summed E-state index contributed by atoms with van der Waals surface area (Å²) in [6, 6.07) is 4.28. The number of rotatable bonds is 5. The van der Waals surface area contributed by atoms with Crippen LogP contribution in [-0.2, 0) is 13.0 Å². The second kappa shape index (κ2) is 6.69. The average Bonchev–Trinajstić information content (AvgIpc) is 3.27. The van der Waals surface area contributed by atoms with Crippen molar-refractivity contribution < 1.29 is 9.52 Å². The molecule has 1 saturated carbocycles. The molecule has 2 fully saturated rings. The van der Waals surface area contributed by atoms with Crippen molar-refractivity contribution in [2.24, 2.45) is 11.8 Å². The monoisotopic (exact) mass is 330 g/mol. The van der Waals surface area contributed by atoms with Crippen LogP contribution in [0.1, 0.15) is 43.7 Å². The third kappa shape index (κ3) is 3.13. The van der Waals surface area contributed by atoms with Crippen LogP contribution in [0.2, 0.25) is 0 Å². The van der Waals surface area contributed by atoms with Crippen LogP contribution < -0.4 is 0 Å². The second-order valence-electron chi connectivity index (χ2n) is 7.31. The summed E-state index contributed by atoms with van der Waals surface area (Å²) in [7, 11) is 0. The van der Waals surface area contributed by atoms with Gasteiger partial charge >= 0.3 is 0 Å². The Kier molecular flexibility index (Phi) is 4.41. The fraction of sp³-hybridized carbons (Fsp3) is 0.667. The Hall–Kier alpha value is -1.66. The third-order valence-corrected chi connectivity index (χ3v) is 5.55. The van der Waals surface area contributed by atoms with Crippen LogP contribution in [0.15, 0.2) is 29.2 Å². The van der Waals surface area contributed by atoms with Crippen LogP contribution in [0.5, 0.6) is 0 Å². The van der Waals surface area contributed by atoms with E-state index in [0.717, 1.165) is 56.8 Å². The number of likely N-dealkylation sites (tertiary alicyclic amines) is 1. The molecule has 1 aliphatic heterocycles. The van der Waals surface area contributed by atoms with Crippen molar-refractivity contribution >= 4 is 0 Å². The zero-order valence-corrected chi connectivity index (χ0v) is 14.2. The molecule has 130 valence electrons. The second-order valence-corrected chi connectivity index (χ2v) is 7.31. The quantitative estimate of drug-likeness (QED) is 0.911. The zero-order chi connectivity index (χ0) is 16.5. The standard InChI is InChI=1S/C18H26N4O2/c1-2-3-15-4-5-16(24-15)10-21-8-13-6-17(22-12-19-11-20-22)18(23)7-14(13)9-21/h4-5,11-14,17-18,23H,2-3,6-10H2,1H3/t13-,14+,17-,18-/m1/s1. The molecule has 0 amide bonds. The average molecular weight is 330 g/mol. The molecule has 1 aliphatic carbocycles. The Balaban J connectivity index is 1.38. The zero-order valence-electron chi connectivity index (χ0n) is 14.2. The summed E-state index contributed by atoms with van der Waals surface area (Å²) in [6.07, 6.45) is 6.89. The van der Waals surface area contributed by atoms with Gasteiger partial charge in [0.2, 0.25) is 0 Å². The molecule has 0 radical (unpaired) electrons. The highest BCUT2D eigenvalue weighted by Gasteiger charge is 2.42. The Labute approximate surface area is 142 Å². The lowest BCUT2D eigenvalue weighted by Crippen LogP contribution is -2.36. The van der Waals surface area contributed by atoms with Crippen LogP contribution >= 0.6 is 0 Å². The molecular formula is C18H26N4O2. The first kappa shape index (κ1) is 15.8. The summed E-state index contributed by atoms with van der Waals surface area (Å²) in [6.45, 7) is 5.17. The van der Waals surface area contributed by atoms with Gasteiger partial charge in [-0.25, -0.2) is 9.67 Å². The van der Waals surface area contributed by atoms with Gasteiger partial charge in [0.25, 0.3) is 0 Å². The van der Waals surface area contributed by atoms with E-state index in [1.165, 1.54) is 0 Å². The summed E-state index contributed by atoms with van der Waals surface area (Å²) in [5, 5.41) is 14.7. The Morgan fingerprint density at radius 1 is 1.21 bits per heavy atom. The Bertz CT molecular complexity index is 654. The highest BCUT2D eigenvalue weighted by molar-refractivity contribution is 5.08. The number of hydrogen-bond donors (Lipinski definition) is 1. The van der Waals surface area contributed by atoms with Gasteiger partial charge in [0.05, 0.1) is 18.7 Å². The number of aliphatic hydroxyl groups is 1. The smallest absolute Gasteiger partial charge is 0.137 e. The maximum Gasteiger partial charge on any atom is 0.137 e. The molecule has 4 atom stereocenters. The molecule has 6 nitrogen and oxygen atoms in total. The van der Waals surface area contributed by atoms with Crippen molar-refractivity contribution in [3.63, 3.8) is 0 Å². The van der Waals surface area contributed by atoms with Crippen LogP contribution in [-0.4, -0.2) is 44.0 Å². The Morgan fingerprint density at radius 2 is 2.00 bits per heavy atom. The molecule has 0 bridgehead atoms. The van der Waals surface area contributed by atoms with Crippen molar-refractivity contribution in [2.75, 3.05) is 13.1 Å². The summed E-state index contributed by atoms with van der Waals surface area (Å²) in [5.74, 6) is 3.34. The lowest BCUT2D eigenvalue weighted by Gasteiger charge is -2.35. The number of aryl methyl sites for hydroxylation is 1. The predicted octanol–water partition coefficient (Wildman–Crippen LogP) is 2.27. The molecular weight excluding hydrogens is 304 g/mol. The number of fused-ring (bicyclic) bond motifs is 1. The van der Waals surface area contributed by atoms with Crippen molar-refractivity contribution in [3.05, 3.63) is 36.3 Å². The van der Waals surface area contributed by atoms with Gasteiger partial charge in [0, 0.05) is 19.5 Å². The fourth-order valence-corrected chi connectivity index (χ4v) is 4.41. The van der Waals surface area contributed by atoms with Crippen LogP contribution in [0, 0.1) is 11.8 Å². The Morgan fingerprint density at radius 3 is 2.75 bits per heavy atom. The van der Waals surface area contributed by atoms with E-state index in [1.54, 1.807) is 12.7 Å². The molecule has 2 aromatic heterocycles. The van der Waals surface area contributed by atoms with Gasteiger partial charge in [-0.15, -0.1) is 0 Å². The molecule has 3 heterocycles. The molecule has 0 aromatic carbocycles. The van der Waals surface area contributed by atoms with Gasteiger partial charge in [0.1, 0.15) is 24.2 Å². The maximum absolute atomic E-state index is 10.5. The molecule has 1 N–H and O–H groups in total. The van der Waals surface area contributed by atoms with E-state index in [4.69, 9.17) is 4.42 Å². The van der Waals surface area contributed by atoms with Gasteiger partial charge in [-0.2, -0.15) is 5.10 Å². The van der Waals surface area contributed by atoms with Crippen LogP contribution in [0.3, 0.4) is 0 Å². The van der Waals surface area contributed by atoms with E-state index < -0.39 is 0 Å². The summed E-state index contributed by atoms with van der Waals surface area (Å²) < 4.78 is 7.75. The van der Waals surface area contributed by atoms with E-state index in [-0.39, 0.29) is 12.1 Å². The first-order valence-corrected chi connectivity index (χ1v) is 9.05. The number of hydrogen-bond acceptors (Lipinski definition) is 5. The normalized spacial score (nSPS) is 30.6. The molecule has 2 aromatic rings. The molecule has 1 saturated heterocycles. The lowest BCUT2D eigenvalue weighted by atomic mass is 9.77. The summed E-state index contributed by atoms with van der Waals surface area (Å²) in [5.41, 5.74) is 0. The van der Waals surface area contributed by atoms with E-state index in [0.29, 0.717) is 11.8 Å². The minimum absolute atomic E-state index is 0.0634. The highest BCUT2D eigenvalue weighted by atomic mass is 16.3. The molecule has 0 spiro atoms. The van der Waals surface area contributed by atoms with Crippen molar-refractivity contribution in [3.8, 4) is 0 Å². The van der Waals surface area contributed by atoms with Crippen molar-refractivity contribution in [1.29, 1.82) is 0 Å². The summed E-state index contributed by atoms with van der Waals surface area (Å²) >= 11 is 0. The highest BCUT2D eigenvalue weighted by Crippen LogP contribution is 2.41. The van der Waals surface area contributed by atoms with Gasteiger partial charge in [-0.3, -0.25) is 4.90 Å². The minimum atomic E-state index is -0.326. The molecule has 2 aliphatic rings. The van der Waals surface area contributed by atoms with E-state index in [2.05, 4.69) is 34.0 Å². The van der Waals surface area contributed by atoms with Gasteiger partial charge < -0.3 is 9.52 Å². The molecule has 0 unspecified atom stereocenters. The predicted molar refractivity (Wildman–Crippen MR) is 89.3 cm³/mol.